The van der Waals surface area contributed by atoms with Crippen LogP contribution in [0.4, 0.5) is 17.1 Å². The zero-order valence-corrected chi connectivity index (χ0v) is 16.5. The van der Waals surface area contributed by atoms with E-state index in [0.717, 1.165) is 44.1 Å². The third kappa shape index (κ3) is 4.61. The van der Waals surface area contributed by atoms with Crippen molar-refractivity contribution in [3.8, 4) is 0 Å². The van der Waals surface area contributed by atoms with Gasteiger partial charge in [-0.1, -0.05) is 32.9 Å². The molecular weight excluding hydrogens is 336 g/mol. The van der Waals surface area contributed by atoms with Gasteiger partial charge in [-0.25, -0.2) is 0 Å². The third-order valence-electron chi connectivity index (χ3n) is 5.27. The molecule has 5 nitrogen and oxygen atoms in total. The Morgan fingerprint density at radius 3 is 2.33 bits per heavy atom. The summed E-state index contributed by atoms with van der Waals surface area (Å²) >= 11 is 0. The van der Waals surface area contributed by atoms with Crippen LogP contribution in [0.25, 0.3) is 0 Å². The van der Waals surface area contributed by atoms with Crippen LogP contribution in [0.1, 0.15) is 42.6 Å². The van der Waals surface area contributed by atoms with E-state index in [9.17, 15) is 4.79 Å². The highest BCUT2D eigenvalue weighted by atomic mass is 16.1. The van der Waals surface area contributed by atoms with Crippen LogP contribution in [0, 0.1) is 0 Å². The summed E-state index contributed by atoms with van der Waals surface area (Å²) in [6, 6.07) is 13.6. The molecule has 1 aliphatic rings. The fraction of sp³-hybridized carbons (Fsp3) is 0.409. The summed E-state index contributed by atoms with van der Waals surface area (Å²) in [5.41, 5.74) is 10.3. The molecule has 0 unspecified atom stereocenters. The molecule has 1 fully saturated rings. The molecule has 5 heteroatoms. The normalized spacial score (nSPS) is 15.2. The van der Waals surface area contributed by atoms with Crippen molar-refractivity contribution in [3.63, 3.8) is 0 Å². The minimum atomic E-state index is -0.107. The van der Waals surface area contributed by atoms with Gasteiger partial charge < -0.3 is 20.9 Å². The molecule has 0 atom stereocenters. The molecule has 0 radical (unpaired) electrons. The number of likely N-dealkylation sites (N-methyl/N-ethyl adjacent to an activating group) is 1. The molecule has 0 aromatic heterocycles. The molecule has 1 aliphatic heterocycles. The molecule has 1 saturated heterocycles. The molecule has 1 amide bonds. The van der Waals surface area contributed by atoms with Crippen LogP contribution in [-0.4, -0.2) is 43.5 Å². The number of amides is 1. The second kappa shape index (κ2) is 8.44. The fourth-order valence-corrected chi connectivity index (χ4v) is 3.45. The molecule has 0 spiro atoms. The van der Waals surface area contributed by atoms with Gasteiger partial charge in [-0.2, -0.15) is 0 Å². The van der Waals surface area contributed by atoms with Crippen LogP contribution in [0.5, 0.6) is 0 Å². The Labute approximate surface area is 162 Å². The molecule has 3 N–H and O–H groups in total. The number of nitrogen functional groups attached to an aromatic ring is 1. The van der Waals surface area contributed by atoms with Crippen molar-refractivity contribution >= 4 is 23.0 Å². The standard InChI is InChI=1S/C22H30N4O/c1-4-25-11-13-26(14-12-25)21-10-9-19(23)15-20(21)24-22(27)18-7-5-17(6-8-18)16(2)3/h5-10,15-16H,4,11-14,23H2,1-3H3,(H,24,27). The van der Waals surface area contributed by atoms with Gasteiger partial charge in [0.25, 0.3) is 5.91 Å². The Morgan fingerprint density at radius 2 is 1.74 bits per heavy atom. The molecule has 0 saturated carbocycles. The molecule has 27 heavy (non-hydrogen) atoms. The Hall–Kier alpha value is -2.53. The maximum Gasteiger partial charge on any atom is 0.255 e. The number of rotatable bonds is 5. The monoisotopic (exact) mass is 366 g/mol. The average molecular weight is 367 g/mol. The maximum atomic E-state index is 12.8. The summed E-state index contributed by atoms with van der Waals surface area (Å²) in [4.78, 5) is 17.5. The first-order chi connectivity index (χ1) is 13.0. The molecule has 3 rings (SSSR count). The van der Waals surface area contributed by atoms with Crippen LogP contribution in [0.3, 0.4) is 0 Å². The third-order valence-corrected chi connectivity index (χ3v) is 5.27. The van der Waals surface area contributed by atoms with Gasteiger partial charge in [0.15, 0.2) is 0 Å². The number of nitrogens with zero attached hydrogens (tertiary/aromatic N) is 2. The summed E-state index contributed by atoms with van der Waals surface area (Å²) in [6.07, 6.45) is 0. The van der Waals surface area contributed by atoms with E-state index in [1.165, 1.54) is 5.56 Å². The number of piperazine rings is 1. The quantitative estimate of drug-likeness (QED) is 0.791. The van der Waals surface area contributed by atoms with Crippen LogP contribution >= 0.6 is 0 Å². The van der Waals surface area contributed by atoms with Gasteiger partial charge in [0, 0.05) is 37.4 Å². The molecule has 2 aromatic rings. The van der Waals surface area contributed by atoms with E-state index < -0.39 is 0 Å². The summed E-state index contributed by atoms with van der Waals surface area (Å²) in [6.45, 7) is 11.5. The van der Waals surface area contributed by atoms with Crippen molar-refractivity contribution in [2.24, 2.45) is 0 Å². The van der Waals surface area contributed by atoms with E-state index >= 15 is 0 Å². The second-order valence-corrected chi connectivity index (χ2v) is 7.43. The SMILES string of the molecule is CCN1CCN(c2ccc(N)cc2NC(=O)c2ccc(C(C)C)cc2)CC1. The smallest absolute Gasteiger partial charge is 0.255 e. The van der Waals surface area contributed by atoms with Gasteiger partial charge in [-0.05, 0) is 48.4 Å². The fourth-order valence-electron chi connectivity index (χ4n) is 3.45. The minimum absolute atomic E-state index is 0.107. The molecule has 0 bridgehead atoms. The summed E-state index contributed by atoms with van der Waals surface area (Å²) in [7, 11) is 0. The van der Waals surface area contributed by atoms with Crippen molar-refractivity contribution in [3.05, 3.63) is 53.6 Å². The van der Waals surface area contributed by atoms with E-state index in [0.29, 0.717) is 17.2 Å². The van der Waals surface area contributed by atoms with E-state index in [1.54, 1.807) is 0 Å². The first kappa shape index (κ1) is 19.2. The topological polar surface area (TPSA) is 61.6 Å². The number of hydrogen-bond acceptors (Lipinski definition) is 4. The largest absolute Gasteiger partial charge is 0.399 e. The lowest BCUT2D eigenvalue weighted by Crippen LogP contribution is -2.46. The summed E-state index contributed by atoms with van der Waals surface area (Å²) in [5.74, 6) is 0.341. The van der Waals surface area contributed by atoms with Crippen molar-refractivity contribution in [2.75, 3.05) is 48.7 Å². The first-order valence-electron chi connectivity index (χ1n) is 9.76. The highest BCUT2D eigenvalue weighted by Gasteiger charge is 2.19. The number of benzene rings is 2. The average Bonchev–Trinajstić information content (AvgIpc) is 2.68. The lowest BCUT2D eigenvalue weighted by atomic mass is 10.0. The van der Waals surface area contributed by atoms with Crippen LogP contribution in [0.15, 0.2) is 42.5 Å². The second-order valence-electron chi connectivity index (χ2n) is 7.43. The number of carbonyl (C=O) groups is 1. The number of nitrogens with one attached hydrogen (secondary N) is 1. The zero-order valence-electron chi connectivity index (χ0n) is 16.5. The lowest BCUT2D eigenvalue weighted by molar-refractivity contribution is 0.102. The van der Waals surface area contributed by atoms with Crippen molar-refractivity contribution < 1.29 is 4.79 Å². The maximum absolute atomic E-state index is 12.8. The van der Waals surface area contributed by atoms with Gasteiger partial charge in [-0.15, -0.1) is 0 Å². The Morgan fingerprint density at radius 1 is 1.07 bits per heavy atom. The number of carbonyl (C=O) groups excluding carboxylic acids is 1. The number of nitrogens with two attached hydrogens (primary N) is 1. The molecule has 1 heterocycles. The van der Waals surface area contributed by atoms with Crippen LogP contribution < -0.4 is 16.0 Å². The van der Waals surface area contributed by atoms with E-state index in [2.05, 4.69) is 35.9 Å². The van der Waals surface area contributed by atoms with E-state index in [4.69, 9.17) is 5.73 Å². The number of hydrogen-bond donors (Lipinski definition) is 2. The van der Waals surface area contributed by atoms with Crippen molar-refractivity contribution in [1.29, 1.82) is 0 Å². The molecule has 2 aromatic carbocycles. The van der Waals surface area contributed by atoms with Crippen molar-refractivity contribution in [2.45, 2.75) is 26.7 Å². The Balaban J connectivity index is 1.77. The Bertz CT molecular complexity index is 777. The lowest BCUT2D eigenvalue weighted by Gasteiger charge is -2.36. The van der Waals surface area contributed by atoms with E-state index in [1.807, 2.05) is 42.5 Å². The molecular formula is C22H30N4O. The highest BCUT2D eigenvalue weighted by molar-refractivity contribution is 6.06. The predicted molar refractivity (Wildman–Crippen MR) is 114 cm³/mol. The minimum Gasteiger partial charge on any atom is -0.399 e. The van der Waals surface area contributed by atoms with E-state index in [-0.39, 0.29) is 5.91 Å². The molecule has 144 valence electrons. The van der Waals surface area contributed by atoms with Gasteiger partial charge >= 0.3 is 0 Å². The highest BCUT2D eigenvalue weighted by Crippen LogP contribution is 2.29. The van der Waals surface area contributed by atoms with Gasteiger partial charge in [0.05, 0.1) is 11.4 Å². The molecule has 0 aliphatic carbocycles. The number of anilines is 3. The summed E-state index contributed by atoms with van der Waals surface area (Å²) < 4.78 is 0. The summed E-state index contributed by atoms with van der Waals surface area (Å²) in [5, 5.41) is 3.06. The van der Waals surface area contributed by atoms with Crippen LogP contribution in [0.2, 0.25) is 0 Å². The van der Waals surface area contributed by atoms with Gasteiger partial charge in [0.2, 0.25) is 0 Å². The predicted octanol–water partition coefficient (Wildman–Crippen LogP) is 3.79. The zero-order chi connectivity index (χ0) is 19.4. The Kier molecular flexibility index (Phi) is 6.01. The van der Waals surface area contributed by atoms with Gasteiger partial charge in [-0.3, -0.25) is 4.79 Å². The first-order valence-corrected chi connectivity index (χ1v) is 9.76. The van der Waals surface area contributed by atoms with Gasteiger partial charge in [0.1, 0.15) is 0 Å². The van der Waals surface area contributed by atoms with Crippen LogP contribution in [-0.2, 0) is 0 Å². The van der Waals surface area contributed by atoms with Crippen molar-refractivity contribution in [1.82, 2.24) is 4.90 Å².